The molecule has 2 aromatic heterocycles. The van der Waals surface area contributed by atoms with Gasteiger partial charge in [0.05, 0.1) is 11.0 Å². The molecule has 0 aliphatic carbocycles. The van der Waals surface area contributed by atoms with Gasteiger partial charge >= 0.3 is 0 Å². The van der Waals surface area contributed by atoms with Crippen LogP contribution in [-0.2, 0) is 7.05 Å². The molecule has 1 unspecified atom stereocenters. The molecule has 168 valence electrons. The Morgan fingerprint density at radius 1 is 1.03 bits per heavy atom. The number of hydrogen-bond acceptors (Lipinski definition) is 5. The standard InChI is InChI=1S/C25H32N6O/c1-17(2)20-15-21(28-25(27-20)30-12-6-7-13-30)24(32)31-14-8-9-18(16-31)23-26-19-10-4-5-11-22(19)29(23)3/h4-5,10-11,15,17-18H,6-9,12-14,16H2,1-3H3. The van der Waals surface area contributed by atoms with E-state index in [-0.39, 0.29) is 17.7 Å². The molecule has 0 saturated carbocycles. The molecule has 2 aliphatic rings. The van der Waals surface area contributed by atoms with Gasteiger partial charge in [-0.3, -0.25) is 4.79 Å². The fraction of sp³-hybridized carbons (Fsp3) is 0.520. The molecule has 32 heavy (non-hydrogen) atoms. The molecule has 0 bridgehead atoms. The van der Waals surface area contributed by atoms with Gasteiger partial charge in [0.2, 0.25) is 5.95 Å². The molecule has 3 aromatic rings. The zero-order chi connectivity index (χ0) is 22.2. The maximum Gasteiger partial charge on any atom is 0.272 e. The number of anilines is 1. The summed E-state index contributed by atoms with van der Waals surface area (Å²) >= 11 is 0. The van der Waals surface area contributed by atoms with Gasteiger partial charge in [-0.05, 0) is 49.8 Å². The summed E-state index contributed by atoms with van der Waals surface area (Å²) in [6.07, 6.45) is 4.33. The van der Waals surface area contributed by atoms with Gasteiger partial charge in [-0.25, -0.2) is 15.0 Å². The highest BCUT2D eigenvalue weighted by Gasteiger charge is 2.30. The minimum atomic E-state index is 0.0122. The molecule has 7 nitrogen and oxygen atoms in total. The Bertz CT molecular complexity index is 1130. The van der Waals surface area contributed by atoms with Crippen LogP contribution in [0.3, 0.4) is 0 Å². The fourth-order valence-electron chi connectivity index (χ4n) is 4.98. The predicted octanol–water partition coefficient (Wildman–Crippen LogP) is 4.11. The maximum atomic E-state index is 13.6. The Balaban J connectivity index is 1.42. The van der Waals surface area contributed by atoms with Gasteiger partial charge in [-0.2, -0.15) is 0 Å². The van der Waals surface area contributed by atoms with Crippen molar-refractivity contribution in [3.8, 4) is 0 Å². The van der Waals surface area contributed by atoms with Crippen LogP contribution in [0.25, 0.3) is 11.0 Å². The van der Waals surface area contributed by atoms with Gasteiger partial charge in [0.1, 0.15) is 11.5 Å². The molecular formula is C25H32N6O. The summed E-state index contributed by atoms with van der Waals surface area (Å²) in [6.45, 7) is 7.61. The van der Waals surface area contributed by atoms with Crippen LogP contribution >= 0.6 is 0 Å². The largest absolute Gasteiger partial charge is 0.341 e. The van der Waals surface area contributed by atoms with Crippen LogP contribution in [-0.4, -0.2) is 56.5 Å². The van der Waals surface area contributed by atoms with E-state index in [4.69, 9.17) is 15.0 Å². The van der Waals surface area contributed by atoms with E-state index < -0.39 is 0 Å². The Labute approximate surface area is 189 Å². The quantitative estimate of drug-likeness (QED) is 0.621. The van der Waals surface area contributed by atoms with Crippen molar-refractivity contribution < 1.29 is 4.79 Å². The number of hydrogen-bond donors (Lipinski definition) is 0. The van der Waals surface area contributed by atoms with Crippen LogP contribution in [0.2, 0.25) is 0 Å². The van der Waals surface area contributed by atoms with Crippen LogP contribution in [0.5, 0.6) is 0 Å². The highest BCUT2D eigenvalue weighted by molar-refractivity contribution is 5.93. The molecule has 4 heterocycles. The summed E-state index contributed by atoms with van der Waals surface area (Å²) < 4.78 is 2.18. The van der Waals surface area contributed by atoms with Gasteiger partial charge < -0.3 is 14.4 Å². The molecule has 0 radical (unpaired) electrons. The highest BCUT2D eigenvalue weighted by Crippen LogP contribution is 2.30. The molecule has 0 spiro atoms. The summed E-state index contributed by atoms with van der Waals surface area (Å²) in [7, 11) is 2.08. The molecule has 7 heteroatoms. The number of aromatic nitrogens is 4. The Morgan fingerprint density at radius 3 is 2.56 bits per heavy atom. The number of likely N-dealkylation sites (tertiary alicyclic amines) is 1. The lowest BCUT2D eigenvalue weighted by molar-refractivity contribution is 0.0697. The minimum Gasteiger partial charge on any atom is -0.341 e. The van der Waals surface area contributed by atoms with Crippen LogP contribution in [0.15, 0.2) is 30.3 Å². The predicted molar refractivity (Wildman–Crippen MR) is 126 cm³/mol. The molecule has 2 fully saturated rings. The first-order chi connectivity index (χ1) is 15.5. The lowest BCUT2D eigenvalue weighted by atomic mass is 9.96. The van der Waals surface area contributed by atoms with Crippen LogP contribution in [0, 0.1) is 0 Å². The lowest BCUT2D eigenvalue weighted by Crippen LogP contribution is -2.40. The third-order valence-corrected chi connectivity index (χ3v) is 6.83. The van der Waals surface area contributed by atoms with Gasteiger partial charge in [0.15, 0.2) is 0 Å². The molecule has 2 aliphatic heterocycles. The SMILES string of the molecule is CC(C)c1cc(C(=O)N2CCCC(c3nc4ccccc4n3C)C2)nc(N2CCCC2)n1. The zero-order valence-corrected chi connectivity index (χ0v) is 19.3. The normalized spacial score (nSPS) is 19.3. The first-order valence-corrected chi connectivity index (χ1v) is 11.9. The van der Waals surface area contributed by atoms with Crippen LogP contribution in [0.1, 0.15) is 73.4 Å². The summed E-state index contributed by atoms with van der Waals surface area (Å²) in [5.74, 6) is 2.26. The average molecular weight is 433 g/mol. The van der Waals surface area contributed by atoms with Gasteiger partial charge in [-0.15, -0.1) is 0 Å². The van der Waals surface area contributed by atoms with Gasteiger partial charge in [0, 0.05) is 44.8 Å². The topological polar surface area (TPSA) is 67.2 Å². The third kappa shape index (κ3) is 3.85. The summed E-state index contributed by atoms with van der Waals surface area (Å²) in [6, 6.07) is 10.1. The van der Waals surface area contributed by atoms with Crippen molar-refractivity contribution in [1.82, 2.24) is 24.4 Å². The number of piperidine rings is 1. The molecule has 2 saturated heterocycles. The maximum absolute atomic E-state index is 13.6. The molecule has 1 aromatic carbocycles. The van der Waals surface area contributed by atoms with E-state index in [1.54, 1.807) is 0 Å². The zero-order valence-electron chi connectivity index (χ0n) is 19.3. The number of benzene rings is 1. The number of carbonyl (C=O) groups excluding carboxylic acids is 1. The van der Waals surface area contributed by atoms with Crippen molar-refractivity contribution in [2.45, 2.75) is 51.4 Å². The minimum absolute atomic E-state index is 0.0122. The van der Waals surface area contributed by atoms with Crippen molar-refractivity contribution in [3.05, 3.63) is 47.5 Å². The van der Waals surface area contributed by atoms with Gasteiger partial charge in [0.25, 0.3) is 5.91 Å². The number of amides is 1. The van der Waals surface area contributed by atoms with E-state index in [0.717, 1.165) is 67.9 Å². The van der Waals surface area contributed by atoms with E-state index in [1.807, 2.05) is 23.1 Å². The number of rotatable bonds is 4. The molecule has 1 atom stereocenters. The molecular weight excluding hydrogens is 400 g/mol. The first-order valence-electron chi connectivity index (χ1n) is 11.9. The Kier molecular flexibility index (Phi) is 5.57. The average Bonchev–Trinajstić information content (AvgIpc) is 3.47. The number of nitrogens with zero attached hydrogens (tertiary/aromatic N) is 6. The summed E-state index contributed by atoms with van der Waals surface area (Å²) in [5, 5.41) is 0. The van der Waals surface area contributed by atoms with Crippen molar-refractivity contribution in [2.24, 2.45) is 7.05 Å². The fourth-order valence-corrected chi connectivity index (χ4v) is 4.98. The molecule has 5 rings (SSSR count). The number of fused-ring (bicyclic) bond motifs is 1. The Hall–Kier alpha value is -2.96. The summed E-state index contributed by atoms with van der Waals surface area (Å²) in [4.78, 5) is 32.1. The van der Waals surface area contributed by atoms with E-state index in [2.05, 4.69) is 42.5 Å². The number of para-hydroxylation sites is 2. The first kappa shape index (κ1) is 20.9. The molecule has 1 amide bonds. The van der Waals surface area contributed by atoms with Crippen molar-refractivity contribution in [1.29, 1.82) is 0 Å². The third-order valence-electron chi connectivity index (χ3n) is 6.83. The highest BCUT2D eigenvalue weighted by atomic mass is 16.2. The van der Waals surface area contributed by atoms with Crippen molar-refractivity contribution in [2.75, 3.05) is 31.1 Å². The van der Waals surface area contributed by atoms with E-state index in [0.29, 0.717) is 18.2 Å². The smallest absolute Gasteiger partial charge is 0.272 e. The van der Waals surface area contributed by atoms with Crippen LogP contribution in [0.4, 0.5) is 5.95 Å². The number of carbonyl (C=O) groups is 1. The number of imidazole rings is 1. The molecule has 0 N–H and O–H groups in total. The second-order valence-corrected chi connectivity index (χ2v) is 9.43. The second-order valence-electron chi connectivity index (χ2n) is 9.43. The van der Waals surface area contributed by atoms with Crippen molar-refractivity contribution >= 4 is 22.9 Å². The van der Waals surface area contributed by atoms with E-state index >= 15 is 0 Å². The van der Waals surface area contributed by atoms with Crippen LogP contribution < -0.4 is 4.90 Å². The number of aryl methyl sites for hydroxylation is 1. The lowest BCUT2D eigenvalue weighted by Gasteiger charge is -2.32. The van der Waals surface area contributed by atoms with Crippen molar-refractivity contribution in [3.63, 3.8) is 0 Å². The monoisotopic (exact) mass is 432 g/mol. The summed E-state index contributed by atoms with van der Waals surface area (Å²) in [5.41, 5.74) is 3.62. The van der Waals surface area contributed by atoms with E-state index in [1.165, 1.54) is 0 Å². The second kappa shape index (κ2) is 8.52. The van der Waals surface area contributed by atoms with Gasteiger partial charge in [-0.1, -0.05) is 26.0 Å². The Morgan fingerprint density at radius 2 is 1.81 bits per heavy atom. The van der Waals surface area contributed by atoms with E-state index in [9.17, 15) is 4.79 Å².